The Morgan fingerprint density at radius 1 is 0.278 bits per heavy atom. The van der Waals surface area contributed by atoms with Gasteiger partial charge in [-0.05, 0) is 24.3 Å². The van der Waals surface area contributed by atoms with Crippen LogP contribution in [0.1, 0.15) is 206 Å². The summed E-state index contributed by atoms with van der Waals surface area (Å²) in [5.74, 6) is 2.82. The first-order valence-corrected chi connectivity index (χ1v) is 20.1. The average Bonchev–Trinajstić information content (AvgIpc) is 2.88. The molecule has 0 amide bonds. The second-order valence-corrected chi connectivity index (χ2v) is 15.5. The van der Waals surface area contributed by atoms with E-state index in [1.54, 1.807) is 0 Å². The van der Waals surface area contributed by atoms with Crippen molar-refractivity contribution in [1.29, 1.82) is 0 Å². The summed E-state index contributed by atoms with van der Waals surface area (Å²) in [6, 6.07) is 0. The number of rotatable bonds is 32. The quantitative estimate of drug-likeness (QED) is 0.0469. The minimum Gasteiger partial charge on any atom is -0.208 e. The Balaban J connectivity index is 3.13. The molecule has 0 nitrogen and oxygen atoms in total. The van der Waals surface area contributed by atoms with Crippen molar-refractivity contribution in [3.63, 3.8) is 0 Å². The van der Waals surface area contributed by atoms with E-state index >= 15 is 0 Å². The second kappa shape index (κ2) is 33.7. The standard InChI is InChI=1S/C34H72S2/c1-3-5-7-9-11-13-15-17-19-20-22-24-26-28-30-32-34-36(35)33-31-29-27-25-23-21-18-16-14-12-10-8-6-4-2/h35-36H,3-34H2,1-2H3. The molecule has 36 heavy (non-hydrogen) atoms. The molecule has 0 aliphatic heterocycles. The smallest absolute Gasteiger partial charge is 0.0170 e. The van der Waals surface area contributed by atoms with Crippen molar-refractivity contribution in [3.05, 3.63) is 0 Å². The molecule has 0 aliphatic rings. The van der Waals surface area contributed by atoms with Crippen molar-refractivity contribution in [3.8, 4) is 0 Å². The molecule has 0 saturated heterocycles. The van der Waals surface area contributed by atoms with E-state index in [2.05, 4.69) is 13.8 Å². The lowest BCUT2D eigenvalue weighted by atomic mass is 10.0. The highest BCUT2D eigenvalue weighted by atomic mass is 33.1. The van der Waals surface area contributed by atoms with Gasteiger partial charge >= 0.3 is 0 Å². The van der Waals surface area contributed by atoms with Crippen LogP contribution in [0.15, 0.2) is 0 Å². The van der Waals surface area contributed by atoms with Crippen LogP contribution in [0.3, 0.4) is 0 Å². The summed E-state index contributed by atoms with van der Waals surface area (Å²) in [6.45, 7) is 4.61. The van der Waals surface area contributed by atoms with Crippen LogP contribution in [0, 0.1) is 0 Å². The molecule has 0 aromatic rings. The first-order valence-electron chi connectivity index (χ1n) is 17.2. The fourth-order valence-corrected chi connectivity index (χ4v) is 7.69. The van der Waals surface area contributed by atoms with Crippen LogP contribution in [0.2, 0.25) is 0 Å². The summed E-state index contributed by atoms with van der Waals surface area (Å²) in [5.41, 5.74) is 0. The van der Waals surface area contributed by atoms with Gasteiger partial charge in [0.1, 0.15) is 0 Å². The third-order valence-electron chi connectivity index (χ3n) is 8.04. The van der Waals surface area contributed by atoms with E-state index in [0.717, 1.165) is 0 Å². The van der Waals surface area contributed by atoms with Gasteiger partial charge in [0, 0.05) is 0 Å². The SMILES string of the molecule is CCCCCCCCCCCCCCCCCC[SH](S)CCCCCCCCCCCCCCCC. The van der Waals surface area contributed by atoms with E-state index in [0.29, 0.717) is 0 Å². The summed E-state index contributed by atoms with van der Waals surface area (Å²) in [7, 11) is 0.0307. The predicted molar refractivity (Wildman–Crippen MR) is 178 cm³/mol. The van der Waals surface area contributed by atoms with Crippen LogP contribution in [0.5, 0.6) is 0 Å². The van der Waals surface area contributed by atoms with Crippen molar-refractivity contribution in [2.75, 3.05) is 11.5 Å². The van der Waals surface area contributed by atoms with E-state index in [4.69, 9.17) is 11.7 Å². The van der Waals surface area contributed by atoms with Crippen LogP contribution in [0.4, 0.5) is 0 Å². The molecule has 0 radical (unpaired) electrons. The van der Waals surface area contributed by atoms with Gasteiger partial charge in [0.2, 0.25) is 0 Å². The monoisotopic (exact) mass is 545 g/mol. The molecule has 0 bridgehead atoms. The van der Waals surface area contributed by atoms with Crippen molar-refractivity contribution in [2.45, 2.75) is 206 Å². The summed E-state index contributed by atoms with van der Waals surface area (Å²) in [4.78, 5) is 0. The van der Waals surface area contributed by atoms with E-state index in [-0.39, 0.29) is 9.93 Å². The summed E-state index contributed by atoms with van der Waals surface area (Å²) in [6.07, 6.45) is 43.9. The van der Waals surface area contributed by atoms with E-state index in [9.17, 15) is 0 Å². The molecule has 0 rings (SSSR count). The lowest BCUT2D eigenvalue weighted by molar-refractivity contribution is 0.531. The molecule has 0 N–H and O–H groups in total. The zero-order valence-electron chi connectivity index (χ0n) is 25.5. The highest BCUT2D eigenvalue weighted by Gasteiger charge is 2.00. The summed E-state index contributed by atoms with van der Waals surface area (Å²) < 4.78 is 0. The van der Waals surface area contributed by atoms with Crippen LogP contribution in [0.25, 0.3) is 0 Å². The molecule has 0 heterocycles. The van der Waals surface area contributed by atoms with Gasteiger partial charge in [-0.2, -0.15) is 0 Å². The first-order chi connectivity index (χ1) is 17.8. The number of hydrogen-bond acceptors (Lipinski definition) is 1. The molecule has 2 heteroatoms. The first kappa shape index (κ1) is 36.7. The molecule has 1 atom stereocenters. The fourth-order valence-electron chi connectivity index (χ4n) is 5.44. The highest BCUT2D eigenvalue weighted by molar-refractivity contribution is 8.78. The maximum Gasteiger partial charge on any atom is -0.0170 e. The number of thiol groups is 2. The summed E-state index contributed by atoms with van der Waals surface area (Å²) in [5, 5.41) is 0. The van der Waals surface area contributed by atoms with E-state index < -0.39 is 0 Å². The topological polar surface area (TPSA) is 0 Å². The van der Waals surface area contributed by atoms with Gasteiger partial charge in [0.15, 0.2) is 0 Å². The molecule has 0 aromatic heterocycles. The zero-order valence-corrected chi connectivity index (χ0v) is 27.3. The molecule has 220 valence electrons. The summed E-state index contributed by atoms with van der Waals surface area (Å²) >= 11 is 4.94. The molecule has 0 saturated carbocycles. The molecule has 0 aromatic carbocycles. The minimum absolute atomic E-state index is 0.0307. The van der Waals surface area contributed by atoms with E-state index in [1.807, 2.05) is 0 Å². The van der Waals surface area contributed by atoms with Gasteiger partial charge in [-0.1, -0.05) is 194 Å². The maximum atomic E-state index is 4.94. The minimum atomic E-state index is 0.0307. The van der Waals surface area contributed by atoms with Crippen LogP contribution >= 0.6 is 21.6 Å². The van der Waals surface area contributed by atoms with Gasteiger partial charge in [-0.25, -0.2) is 9.93 Å². The van der Waals surface area contributed by atoms with Crippen molar-refractivity contribution < 1.29 is 0 Å². The van der Waals surface area contributed by atoms with Gasteiger partial charge < -0.3 is 0 Å². The van der Waals surface area contributed by atoms with Gasteiger partial charge in [-0.15, -0.1) is 11.7 Å². The Morgan fingerprint density at radius 2 is 0.444 bits per heavy atom. The van der Waals surface area contributed by atoms with Gasteiger partial charge in [0.25, 0.3) is 0 Å². The third-order valence-corrected chi connectivity index (χ3v) is 10.9. The Morgan fingerprint density at radius 3 is 0.639 bits per heavy atom. The van der Waals surface area contributed by atoms with Gasteiger partial charge in [0.05, 0.1) is 0 Å². The Hall–Kier alpha value is 0.700. The Bertz CT molecular complexity index is 370. The van der Waals surface area contributed by atoms with Crippen molar-refractivity contribution in [1.82, 2.24) is 0 Å². The normalized spacial score (nSPS) is 12.9. The molecule has 0 fully saturated rings. The Labute approximate surface area is 238 Å². The van der Waals surface area contributed by atoms with Crippen LogP contribution < -0.4 is 0 Å². The fraction of sp³-hybridized carbons (Fsp3) is 1.00. The maximum absolute atomic E-state index is 4.94. The largest absolute Gasteiger partial charge is 0.208 e. The average molecular weight is 545 g/mol. The molecule has 1 unspecified atom stereocenters. The van der Waals surface area contributed by atoms with E-state index in [1.165, 1.54) is 204 Å². The lowest BCUT2D eigenvalue weighted by Crippen LogP contribution is -1.91. The highest BCUT2D eigenvalue weighted by Crippen LogP contribution is 2.33. The second-order valence-electron chi connectivity index (χ2n) is 11.9. The van der Waals surface area contributed by atoms with Crippen LogP contribution in [-0.4, -0.2) is 11.5 Å². The Kier molecular flexibility index (Phi) is 34.4. The predicted octanol–water partition coefficient (Wildman–Crippen LogP) is 13.6. The number of unbranched alkanes of at least 4 members (excludes halogenated alkanes) is 28. The van der Waals surface area contributed by atoms with Crippen molar-refractivity contribution >= 4 is 21.6 Å². The number of hydrogen-bond donors (Lipinski definition) is 2. The van der Waals surface area contributed by atoms with Crippen molar-refractivity contribution in [2.24, 2.45) is 0 Å². The lowest BCUT2D eigenvalue weighted by Gasteiger charge is -2.14. The molecule has 0 aliphatic carbocycles. The molecular formula is C34H72S2. The van der Waals surface area contributed by atoms with Gasteiger partial charge in [-0.3, -0.25) is 0 Å². The van der Waals surface area contributed by atoms with Crippen LogP contribution in [-0.2, 0) is 0 Å². The third kappa shape index (κ3) is 32.7. The zero-order chi connectivity index (χ0) is 26.2. The molecule has 0 spiro atoms. The molecular weight excluding hydrogens is 473 g/mol.